The molecule has 0 spiro atoms. The highest BCUT2D eigenvalue weighted by Crippen LogP contribution is 2.22. The van der Waals surface area contributed by atoms with Gasteiger partial charge in [0.15, 0.2) is 6.61 Å². The normalized spacial score (nSPS) is 13.3. The first kappa shape index (κ1) is 25.8. The number of amides is 1. The van der Waals surface area contributed by atoms with Crippen LogP contribution in [0.3, 0.4) is 0 Å². The zero-order chi connectivity index (χ0) is 21.9. The van der Waals surface area contributed by atoms with Gasteiger partial charge in [-0.2, -0.15) is 0 Å². The minimum atomic E-state index is -0.0734. The van der Waals surface area contributed by atoms with Gasteiger partial charge < -0.3 is 24.0 Å². The summed E-state index contributed by atoms with van der Waals surface area (Å²) >= 11 is 0. The molecule has 2 aromatic rings. The molecule has 3 rings (SSSR count). The van der Waals surface area contributed by atoms with Crippen LogP contribution in [0, 0.1) is 0 Å². The predicted octanol–water partition coefficient (Wildman–Crippen LogP) is 4.80. The molecule has 0 unspecified atom stereocenters. The van der Waals surface area contributed by atoms with E-state index in [0.717, 1.165) is 49.7 Å². The van der Waals surface area contributed by atoms with Crippen molar-refractivity contribution in [3.05, 3.63) is 48.5 Å². The summed E-state index contributed by atoms with van der Waals surface area (Å²) in [5, 5.41) is 0. The molecule has 0 N–H and O–H groups in total. The summed E-state index contributed by atoms with van der Waals surface area (Å²) in [6.45, 7) is 6.51. The number of unbranched alkanes of at least 4 members (excludes halogenated alkanes) is 1. The van der Waals surface area contributed by atoms with Crippen LogP contribution in [-0.2, 0) is 4.79 Å². The van der Waals surface area contributed by atoms with E-state index >= 15 is 0 Å². The van der Waals surface area contributed by atoms with Gasteiger partial charge in [0, 0.05) is 24.8 Å². The Bertz CT molecular complexity index is 810. The summed E-state index contributed by atoms with van der Waals surface area (Å²) in [4.78, 5) is 17.3. The van der Waals surface area contributed by atoms with Crippen LogP contribution in [0.2, 0.25) is 0 Å². The number of hydrogen-bond donors (Lipinski definition) is 0. The van der Waals surface area contributed by atoms with Gasteiger partial charge in [0.25, 0.3) is 5.91 Å². The van der Waals surface area contributed by atoms with Crippen molar-refractivity contribution in [2.45, 2.75) is 32.6 Å². The summed E-state index contributed by atoms with van der Waals surface area (Å²) in [5.41, 5.74) is 0.826. The van der Waals surface area contributed by atoms with Crippen molar-refractivity contribution in [3.8, 4) is 17.2 Å². The lowest BCUT2D eigenvalue weighted by Crippen LogP contribution is -2.40. The molecule has 1 heterocycles. The number of methoxy groups -OCH3 is 1. The van der Waals surface area contributed by atoms with Crippen molar-refractivity contribution >= 4 is 24.0 Å². The third-order valence-corrected chi connectivity index (χ3v) is 5.46. The average molecular weight is 463 g/mol. The fraction of sp³-hybridized carbons (Fsp3) is 0.480. The first-order valence-electron chi connectivity index (χ1n) is 11.2. The third-order valence-electron chi connectivity index (χ3n) is 5.46. The van der Waals surface area contributed by atoms with Crippen LogP contribution >= 0.6 is 12.4 Å². The molecule has 2 aromatic carbocycles. The van der Waals surface area contributed by atoms with Gasteiger partial charge in [0.1, 0.15) is 17.2 Å². The van der Waals surface area contributed by atoms with Gasteiger partial charge in [-0.3, -0.25) is 4.79 Å². The highest BCUT2D eigenvalue weighted by atomic mass is 35.5. The largest absolute Gasteiger partial charge is 0.497 e. The van der Waals surface area contributed by atoms with Crippen LogP contribution in [0.1, 0.15) is 32.6 Å². The van der Waals surface area contributed by atoms with E-state index in [9.17, 15) is 4.79 Å². The Balaban J connectivity index is 0.00000363. The number of ether oxygens (including phenoxy) is 3. The van der Waals surface area contributed by atoms with Gasteiger partial charge in [-0.05, 0) is 68.8 Å². The van der Waals surface area contributed by atoms with Gasteiger partial charge in [0.2, 0.25) is 0 Å². The van der Waals surface area contributed by atoms with E-state index in [-0.39, 0.29) is 24.9 Å². The molecule has 1 saturated heterocycles. The van der Waals surface area contributed by atoms with E-state index in [4.69, 9.17) is 14.2 Å². The standard InChI is InChI=1S/C25H34N2O4.ClH/c1-3-4-18-30-22-10-12-23(13-11-22)31-20-25(28)27(17-16-26-14-5-6-15-26)21-8-7-9-24(19-21)29-2;/h7-13,19H,3-6,14-18,20H2,1-2H3;1H. The molecule has 7 heteroatoms. The van der Waals surface area contributed by atoms with E-state index in [2.05, 4.69) is 11.8 Å². The summed E-state index contributed by atoms with van der Waals surface area (Å²) in [7, 11) is 1.63. The van der Waals surface area contributed by atoms with E-state index in [1.54, 1.807) is 12.0 Å². The number of rotatable bonds is 12. The number of carbonyl (C=O) groups excluding carboxylic acids is 1. The summed E-state index contributed by atoms with van der Waals surface area (Å²) < 4.78 is 16.8. The highest BCUT2D eigenvalue weighted by molar-refractivity contribution is 5.94. The van der Waals surface area contributed by atoms with Gasteiger partial charge in [-0.25, -0.2) is 0 Å². The Labute approximate surface area is 197 Å². The lowest BCUT2D eigenvalue weighted by Gasteiger charge is -2.26. The zero-order valence-electron chi connectivity index (χ0n) is 19.1. The fourth-order valence-electron chi connectivity index (χ4n) is 3.61. The van der Waals surface area contributed by atoms with E-state index in [1.165, 1.54) is 12.8 Å². The van der Waals surface area contributed by atoms with Crippen molar-refractivity contribution in [2.24, 2.45) is 0 Å². The average Bonchev–Trinajstić information content (AvgIpc) is 3.32. The first-order valence-corrected chi connectivity index (χ1v) is 11.2. The molecule has 1 fully saturated rings. The van der Waals surface area contributed by atoms with Crippen LogP contribution in [0.4, 0.5) is 5.69 Å². The lowest BCUT2D eigenvalue weighted by atomic mass is 10.2. The second-order valence-corrected chi connectivity index (χ2v) is 7.76. The molecule has 1 amide bonds. The Hall–Kier alpha value is -2.44. The fourth-order valence-corrected chi connectivity index (χ4v) is 3.61. The predicted molar refractivity (Wildman–Crippen MR) is 131 cm³/mol. The van der Waals surface area contributed by atoms with Crippen molar-refractivity contribution in [1.29, 1.82) is 0 Å². The van der Waals surface area contributed by atoms with E-state index in [0.29, 0.717) is 18.9 Å². The van der Waals surface area contributed by atoms with E-state index in [1.807, 2.05) is 48.5 Å². The number of nitrogens with zero attached hydrogens (tertiary/aromatic N) is 2. The van der Waals surface area contributed by atoms with Crippen LogP contribution in [0.15, 0.2) is 48.5 Å². The van der Waals surface area contributed by atoms with Crippen LogP contribution in [0.5, 0.6) is 17.2 Å². The van der Waals surface area contributed by atoms with Gasteiger partial charge in [-0.1, -0.05) is 19.4 Å². The summed E-state index contributed by atoms with van der Waals surface area (Å²) in [6, 6.07) is 15.1. The van der Waals surface area contributed by atoms with Crippen molar-refractivity contribution in [2.75, 3.05) is 51.4 Å². The molecule has 0 aliphatic carbocycles. The molecule has 32 heavy (non-hydrogen) atoms. The zero-order valence-corrected chi connectivity index (χ0v) is 19.9. The number of benzene rings is 2. The maximum absolute atomic E-state index is 13.1. The van der Waals surface area contributed by atoms with Crippen molar-refractivity contribution in [1.82, 2.24) is 4.90 Å². The monoisotopic (exact) mass is 462 g/mol. The lowest BCUT2D eigenvalue weighted by molar-refractivity contribution is -0.120. The van der Waals surface area contributed by atoms with Gasteiger partial charge in [0.05, 0.1) is 13.7 Å². The molecule has 0 radical (unpaired) electrons. The SMILES string of the molecule is CCCCOc1ccc(OCC(=O)N(CCN2CCCC2)c2cccc(OC)c2)cc1.Cl. The minimum absolute atomic E-state index is 0. The maximum atomic E-state index is 13.1. The second kappa shape index (κ2) is 13.9. The minimum Gasteiger partial charge on any atom is -0.497 e. The quantitative estimate of drug-likeness (QED) is 0.424. The maximum Gasteiger partial charge on any atom is 0.264 e. The molecule has 0 aromatic heterocycles. The Kier molecular flexibility index (Phi) is 11.2. The molecule has 0 saturated carbocycles. The number of likely N-dealkylation sites (tertiary alicyclic amines) is 1. The number of anilines is 1. The first-order chi connectivity index (χ1) is 15.2. The van der Waals surface area contributed by atoms with Crippen LogP contribution in [0.25, 0.3) is 0 Å². The van der Waals surface area contributed by atoms with Crippen molar-refractivity contribution < 1.29 is 19.0 Å². The molecular weight excluding hydrogens is 428 g/mol. The molecule has 1 aliphatic rings. The van der Waals surface area contributed by atoms with Crippen molar-refractivity contribution in [3.63, 3.8) is 0 Å². The Morgan fingerprint density at radius 2 is 1.69 bits per heavy atom. The highest BCUT2D eigenvalue weighted by Gasteiger charge is 2.20. The second-order valence-electron chi connectivity index (χ2n) is 7.76. The van der Waals surface area contributed by atoms with E-state index < -0.39 is 0 Å². The van der Waals surface area contributed by atoms with Gasteiger partial charge >= 0.3 is 0 Å². The number of halogens is 1. The van der Waals surface area contributed by atoms with Gasteiger partial charge in [-0.15, -0.1) is 12.4 Å². The summed E-state index contributed by atoms with van der Waals surface area (Å²) in [5.74, 6) is 2.13. The molecule has 6 nitrogen and oxygen atoms in total. The smallest absolute Gasteiger partial charge is 0.264 e. The summed E-state index contributed by atoms with van der Waals surface area (Å²) in [6.07, 6.45) is 4.60. The van der Waals surface area contributed by atoms with Crippen LogP contribution in [-0.4, -0.2) is 57.3 Å². The topological polar surface area (TPSA) is 51.2 Å². The molecule has 176 valence electrons. The molecule has 0 atom stereocenters. The molecule has 1 aliphatic heterocycles. The molecular formula is C25H35ClN2O4. The third kappa shape index (κ3) is 7.92. The molecule has 0 bridgehead atoms. The number of carbonyl (C=O) groups is 1. The Morgan fingerprint density at radius 1 is 1.00 bits per heavy atom. The Morgan fingerprint density at radius 3 is 2.34 bits per heavy atom. The van der Waals surface area contributed by atoms with Crippen LogP contribution < -0.4 is 19.1 Å². The number of hydrogen-bond acceptors (Lipinski definition) is 5.